The molecule has 1 aromatic heterocycles. The summed E-state index contributed by atoms with van der Waals surface area (Å²) in [5.74, 6) is 0.559. The molecule has 0 aromatic carbocycles. The van der Waals surface area contributed by atoms with Gasteiger partial charge in [-0.3, -0.25) is 9.88 Å². The average molecular weight is 241 g/mol. The number of aliphatic hydroxyl groups excluding tert-OH is 1. The van der Waals surface area contributed by atoms with Crippen LogP contribution in [0.25, 0.3) is 0 Å². The molecule has 0 radical (unpaired) electrons. The maximum absolute atomic E-state index is 9.35. The van der Waals surface area contributed by atoms with E-state index in [0.29, 0.717) is 5.92 Å². The summed E-state index contributed by atoms with van der Waals surface area (Å²) in [4.78, 5) is 6.57. The summed E-state index contributed by atoms with van der Waals surface area (Å²) in [6, 6.07) is 3.93. The molecule has 1 aromatic rings. The van der Waals surface area contributed by atoms with Crippen LogP contribution in [0.4, 0.5) is 0 Å². The minimum Gasteiger partial charge on any atom is -0.395 e. The zero-order valence-corrected chi connectivity index (χ0v) is 10.2. The van der Waals surface area contributed by atoms with Crippen molar-refractivity contribution in [3.63, 3.8) is 0 Å². The highest BCUT2D eigenvalue weighted by molar-refractivity contribution is 6.30. The fourth-order valence-electron chi connectivity index (χ4n) is 2.32. The molecule has 0 amide bonds. The van der Waals surface area contributed by atoms with Crippen molar-refractivity contribution in [2.45, 2.75) is 25.9 Å². The van der Waals surface area contributed by atoms with E-state index in [1.54, 1.807) is 12.3 Å². The number of halogens is 1. The monoisotopic (exact) mass is 240 g/mol. The Morgan fingerprint density at radius 1 is 1.62 bits per heavy atom. The molecule has 1 aliphatic rings. The Bertz CT molecular complexity index is 359. The summed E-state index contributed by atoms with van der Waals surface area (Å²) in [6.45, 7) is 4.21. The van der Waals surface area contributed by atoms with E-state index in [4.69, 9.17) is 11.6 Å². The van der Waals surface area contributed by atoms with Gasteiger partial charge in [-0.2, -0.15) is 0 Å². The van der Waals surface area contributed by atoms with Crippen molar-refractivity contribution in [1.82, 2.24) is 9.88 Å². The maximum Gasteiger partial charge on any atom is 0.0589 e. The van der Waals surface area contributed by atoms with E-state index in [1.807, 2.05) is 6.07 Å². The van der Waals surface area contributed by atoms with E-state index in [2.05, 4.69) is 16.8 Å². The van der Waals surface area contributed by atoms with Gasteiger partial charge in [-0.1, -0.05) is 18.5 Å². The van der Waals surface area contributed by atoms with Gasteiger partial charge in [0.05, 0.1) is 12.3 Å². The largest absolute Gasteiger partial charge is 0.395 e. The van der Waals surface area contributed by atoms with Gasteiger partial charge in [-0.05, 0) is 31.0 Å². The predicted octanol–water partition coefficient (Wildman–Crippen LogP) is 1.94. The molecule has 4 heteroatoms. The van der Waals surface area contributed by atoms with Crippen molar-refractivity contribution in [2.24, 2.45) is 5.92 Å². The first kappa shape index (κ1) is 11.8. The van der Waals surface area contributed by atoms with E-state index in [1.165, 1.54) is 0 Å². The molecule has 1 aliphatic heterocycles. The van der Waals surface area contributed by atoms with E-state index >= 15 is 0 Å². The van der Waals surface area contributed by atoms with Crippen LogP contribution < -0.4 is 0 Å². The molecule has 2 atom stereocenters. The fourth-order valence-corrected chi connectivity index (χ4v) is 2.50. The Labute approximate surface area is 101 Å². The summed E-state index contributed by atoms with van der Waals surface area (Å²) in [5.41, 5.74) is 0.972. The molecule has 0 bridgehead atoms. The number of hydrogen-bond acceptors (Lipinski definition) is 3. The summed E-state index contributed by atoms with van der Waals surface area (Å²) in [5, 5.41) is 10.1. The lowest BCUT2D eigenvalue weighted by Gasteiger charge is -2.24. The number of aliphatic hydroxyl groups is 1. The number of rotatable bonds is 3. The highest BCUT2D eigenvalue weighted by atomic mass is 35.5. The maximum atomic E-state index is 9.35. The average Bonchev–Trinajstić information content (AvgIpc) is 2.59. The van der Waals surface area contributed by atoms with Crippen molar-refractivity contribution < 1.29 is 5.11 Å². The smallest absolute Gasteiger partial charge is 0.0589 e. The molecule has 2 rings (SSSR count). The van der Waals surface area contributed by atoms with E-state index < -0.39 is 0 Å². The van der Waals surface area contributed by atoms with Gasteiger partial charge in [0, 0.05) is 23.8 Å². The van der Waals surface area contributed by atoms with Gasteiger partial charge in [0.1, 0.15) is 0 Å². The van der Waals surface area contributed by atoms with Crippen LogP contribution in [-0.2, 0) is 6.54 Å². The molecular formula is C12H17ClN2O. The van der Waals surface area contributed by atoms with Gasteiger partial charge < -0.3 is 5.11 Å². The van der Waals surface area contributed by atoms with Crippen LogP contribution in [0.5, 0.6) is 0 Å². The molecule has 3 nitrogen and oxygen atoms in total. The van der Waals surface area contributed by atoms with Gasteiger partial charge in [0.15, 0.2) is 0 Å². The number of nitrogens with zero attached hydrogens (tertiary/aromatic N) is 2. The zero-order chi connectivity index (χ0) is 11.5. The normalized spacial score (nSPS) is 26.2. The summed E-state index contributed by atoms with van der Waals surface area (Å²) >= 11 is 5.92. The van der Waals surface area contributed by atoms with Crippen LogP contribution >= 0.6 is 11.6 Å². The summed E-state index contributed by atoms with van der Waals surface area (Å²) in [7, 11) is 0. The third kappa shape index (κ3) is 2.54. The van der Waals surface area contributed by atoms with E-state index in [0.717, 1.165) is 30.2 Å². The van der Waals surface area contributed by atoms with Crippen molar-refractivity contribution in [3.8, 4) is 0 Å². The van der Waals surface area contributed by atoms with E-state index in [-0.39, 0.29) is 12.6 Å². The molecule has 1 N–H and O–H groups in total. The second kappa shape index (κ2) is 5.13. The number of likely N-dealkylation sites (tertiary alicyclic amines) is 1. The van der Waals surface area contributed by atoms with Crippen LogP contribution in [0.3, 0.4) is 0 Å². The minimum absolute atomic E-state index is 0.224. The standard InChI is InChI=1S/C12H17ClN2O/c1-9-3-5-15(12(9)8-16)7-11-6-10(13)2-4-14-11/h2,4,6,9,12,16H,3,5,7-8H2,1H3. The number of pyridine rings is 1. The molecule has 0 spiro atoms. The highest BCUT2D eigenvalue weighted by Crippen LogP contribution is 2.25. The molecular weight excluding hydrogens is 224 g/mol. The molecule has 2 heterocycles. The highest BCUT2D eigenvalue weighted by Gasteiger charge is 2.30. The van der Waals surface area contributed by atoms with E-state index in [9.17, 15) is 5.11 Å². The lowest BCUT2D eigenvalue weighted by molar-refractivity contribution is 0.133. The Kier molecular flexibility index (Phi) is 3.79. The van der Waals surface area contributed by atoms with Crippen LogP contribution in [0, 0.1) is 5.92 Å². The molecule has 1 saturated heterocycles. The Hall–Kier alpha value is -0.640. The fraction of sp³-hybridized carbons (Fsp3) is 0.583. The van der Waals surface area contributed by atoms with Crippen molar-refractivity contribution in [1.29, 1.82) is 0 Å². The lowest BCUT2D eigenvalue weighted by Crippen LogP contribution is -2.34. The van der Waals surface area contributed by atoms with Crippen LogP contribution in [0.1, 0.15) is 19.0 Å². The third-order valence-electron chi connectivity index (χ3n) is 3.33. The quantitative estimate of drug-likeness (QED) is 0.877. The Morgan fingerprint density at radius 3 is 3.12 bits per heavy atom. The third-order valence-corrected chi connectivity index (χ3v) is 3.56. The van der Waals surface area contributed by atoms with Crippen LogP contribution in [-0.4, -0.2) is 34.2 Å². The van der Waals surface area contributed by atoms with Gasteiger partial charge in [-0.25, -0.2) is 0 Å². The van der Waals surface area contributed by atoms with Crippen LogP contribution in [0.15, 0.2) is 18.3 Å². The topological polar surface area (TPSA) is 36.4 Å². The SMILES string of the molecule is CC1CCN(Cc2cc(Cl)ccn2)C1CO. The van der Waals surface area contributed by atoms with Gasteiger partial charge in [0.2, 0.25) is 0 Å². The molecule has 2 unspecified atom stereocenters. The van der Waals surface area contributed by atoms with Crippen molar-refractivity contribution >= 4 is 11.6 Å². The van der Waals surface area contributed by atoms with Crippen LogP contribution in [0.2, 0.25) is 5.02 Å². The van der Waals surface area contributed by atoms with Crippen molar-refractivity contribution in [3.05, 3.63) is 29.0 Å². The van der Waals surface area contributed by atoms with Gasteiger partial charge in [-0.15, -0.1) is 0 Å². The lowest BCUT2D eigenvalue weighted by atomic mass is 10.0. The summed E-state index contributed by atoms with van der Waals surface area (Å²) in [6.07, 6.45) is 2.87. The number of aromatic nitrogens is 1. The first-order valence-electron chi connectivity index (χ1n) is 5.66. The number of hydrogen-bond donors (Lipinski definition) is 1. The molecule has 88 valence electrons. The molecule has 0 aliphatic carbocycles. The first-order valence-corrected chi connectivity index (χ1v) is 6.04. The first-order chi connectivity index (χ1) is 7.70. The molecule has 1 fully saturated rings. The minimum atomic E-state index is 0.224. The van der Waals surface area contributed by atoms with Gasteiger partial charge in [0.25, 0.3) is 0 Å². The van der Waals surface area contributed by atoms with Gasteiger partial charge >= 0.3 is 0 Å². The Balaban J connectivity index is 2.04. The second-order valence-electron chi connectivity index (χ2n) is 4.45. The van der Waals surface area contributed by atoms with Crippen molar-refractivity contribution in [2.75, 3.05) is 13.2 Å². The Morgan fingerprint density at radius 2 is 2.44 bits per heavy atom. The second-order valence-corrected chi connectivity index (χ2v) is 4.89. The molecule has 0 saturated carbocycles. The summed E-state index contributed by atoms with van der Waals surface area (Å²) < 4.78 is 0. The zero-order valence-electron chi connectivity index (χ0n) is 9.43. The predicted molar refractivity (Wildman–Crippen MR) is 64.3 cm³/mol. The molecule has 16 heavy (non-hydrogen) atoms.